The van der Waals surface area contributed by atoms with E-state index < -0.39 is 0 Å². The van der Waals surface area contributed by atoms with Gasteiger partial charge in [-0.1, -0.05) is 0 Å². The molecule has 1 fully saturated rings. The minimum Gasteiger partial charge on any atom is -0.324 e. The van der Waals surface area contributed by atoms with Crippen molar-refractivity contribution >= 4 is 11.9 Å². The summed E-state index contributed by atoms with van der Waals surface area (Å²) in [5.41, 5.74) is 0. The van der Waals surface area contributed by atoms with Gasteiger partial charge in [-0.3, -0.25) is 9.69 Å². The predicted octanol–water partition coefficient (Wildman–Crippen LogP) is 0.680. The zero-order chi connectivity index (χ0) is 9.14. The summed E-state index contributed by atoms with van der Waals surface area (Å²) < 4.78 is 0. The van der Waals surface area contributed by atoms with Crippen LogP contribution in [0.4, 0.5) is 4.79 Å². The lowest BCUT2D eigenvalue weighted by molar-refractivity contribution is -0.130. The van der Waals surface area contributed by atoms with Crippen LogP contribution in [0.25, 0.3) is 0 Å². The molecular formula is C8H14N2O2. The Morgan fingerprint density at radius 1 is 1.25 bits per heavy atom. The molecule has 0 atom stereocenters. The number of rotatable bonds is 2. The zero-order valence-electron chi connectivity index (χ0n) is 7.54. The summed E-state index contributed by atoms with van der Waals surface area (Å²) >= 11 is 0. The van der Waals surface area contributed by atoms with Crippen molar-refractivity contribution in [3.05, 3.63) is 0 Å². The summed E-state index contributed by atoms with van der Waals surface area (Å²) in [6.07, 6.45) is 0.466. The summed E-state index contributed by atoms with van der Waals surface area (Å²) in [4.78, 5) is 25.6. The molecule has 1 saturated heterocycles. The number of nitrogens with zero attached hydrogens (tertiary/aromatic N) is 2. The van der Waals surface area contributed by atoms with Crippen LogP contribution in [0.3, 0.4) is 0 Å². The van der Waals surface area contributed by atoms with E-state index in [-0.39, 0.29) is 11.9 Å². The summed E-state index contributed by atoms with van der Waals surface area (Å²) in [6.45, 7) is 5.47. The second-order valence-corrected chi connectivity index (χ2v) is 2.75. The Balaban J connectivity index is 2.70. The van der Waals surface area contributed by atoms with E-state index >= 15 is 0 Å². The summed E-state index contributed by atoms with van der Waals surface area (Å²) in [6, 6.07) is -0.142. The SMILES string of the molecule is CCN1CCC(=O)N(CC)C1=O. The lowest BCUT2D eigenvalue weighted by Gasteiger charge is -2.32. The third-order valence-corrected chi connectivity index (χ3v) is 2.10. The van der Waals surface area contributed by atoms with Crippen molar-refractivity contribution in [1.29, 1.82) is 0 Å². The number of urea groups is 1. The first-order chi connectivity index (χ1) is 5.70. The minimum atomic E-state index is -0.142. The van der Waals surface area contributed by atoms with Crippen LogP contribution in [0.1, 0.15) is 20.3 Å². The van der Waals surface area contributed by atoms with Gasteiger partial charge in [0.1, 0.15) is 0 Å². The zero-order valence-corrected chi connectivity index (χ0v) is 7.54. The lowest BCUT2D eigenvalue weighted by Crippen LogP contribution is -2.51. The molecule has 68 valence electrons. The molecule has 0 aromatic heterocycles. The third kappa shape index (κ3) is 1.42. The standard InChI is InChI=1S/C8H14N2O2/c1-3-9-6-5-7(11)10(4-2)8(9)12/h3-6H2,1-2H3. The maximum atomic E-state index is 11.4. The third-order valence-electron chi connectivity index (χ3n) is 2.10. The second-order valence-electron chi connectivity index (χ2n) is 2.75. The van der Waals surface area contributed by atoms with E-state index in [0.29, 0.717) is 26.1 Å². The highest BCUT2D eigenvalue weighted by Crippen LogP contribution is 2.09. The fraction of sp³-hybridized carbons (Fsp3) is 0.750. The Hall–Kier alpha value is -1.06. The molecule has 1 aliphatic rings. The Morgan fingerprint density at radius 2 is 1.92 bits per heavy atom. The molecular weight excluding hydrogens is 156 g/mol. The molecule has 0 N–H and O–H groups in total. The highest BCUT2D eigenvalue weighted by molar-refractivity contribution is 5.96. The predicted molar refractivity (Wildman–Crippen MR) is 44.6 cm³/mol. The first-order valence-corrected chi connectivity index (χ1v) is 4.30. The number of imide groups is 1. The van der Waals surface area contributed by atoms with E-state index in [0.717, 1.165) is 0 Å². The van der Waals surface area contributed by atoms with Gasteiger partial charge < -0.3 is 4.90 Å². The van der Waals surface area contributed by atoms with Gasteiger partial charge in [0.25, 0.3) is 0 Å². The monoisotopic (exact) mass is 170 g/mol. The molecule has 3 amide bonds. The number of hydrogen-bond donors (Lipinski definition) is 0. The molecule has 4 nitrogen and oxygen atoms in total. The van der Waals surface area contributed by atoms with Gasteiger partial charge in [-0.15, -0.1) is 0 Å². The largest absolute Gasteiger partial charge is 0.326 e. The van der Waals surface area contributed by atoms with E-state index in [9.17, 15) is 9.59 Å². The Labute approximate surface area is 72.1 Å². The van der Waals surface area contributed by atoms with Crippen LogP contribution < -0.4 is 0 Å². The molecule has 1 rings (SSSR count). The van der Waals surface area contributed by atoms with Gasteiger partial charge in [0.05, 0.1) is 0 Å². The fourth-order valence-electron chi connectivity index (χ4n) is 1.34. The number of carbonyl (C=O) groups is 2. The summed E-state index contributed by atoms with van der Waals surface area (Å²) in [7, 11) is 0. The van der Waals surface area contributed by atoms with E-state index in [2.05, 4.69) is 0 Å². The first-order valence-electron chi connectivity index (χ1n) is 4.30. The van der Waals surface area contributed by atoms with Crippen molar-refractivity contribution in [2.24, 2.45) is 0 Å². The molecule has 0 spiro atoms. The van der Waals surface area contributed by atoms with Gasteiger partial charge in [-0.05, 0) is 13.8 Å². The van der Waals surface area contributed by atoms with Crippen LogP contribution in [0, 0.1) is 0 Å². The molecule has 4 heteroatoms. The van der Waals surface area contributed by atoms with Crippen molar-refractivity contribution < 1.29 is 9.59 Å². The van der Waals surface area contributed by atoms with Crippen molar-refractivity contribution in [2.75, 3.05) is 19.6 Å². The van der Waals surface area contributed by atoms with E-state index in [4.69, 9.17) is 0 Å². The van der Waals surface area contributed by atoms with Gasteiger partial charge in [0.15, 0.2) is 0 Å². The maximum absolute atomic E-state index is 11.4. The molecule has 1 aliphatic heterocycles. The molecule has 0 aliphatic carbocycles. The van der Waals surface area contributed by atoms with E-state index in [1.807, 2.05) is 13.8 Å². The van der Waals surface area contributed by atoms with Crippen LogP contribution in [-0.4, -0.2) is 41.4 Å². The highest BCUT2D eigenvalue weighted by atomic mass is 16.2. The normalized spacial score (nSPS) is 18.8. The van der Waals surface area contributed by atoms with Crippen LogP contribution >= 0.6 is 0 Å². The topological polar surface area (TPSA) is 40.6 Å². The van der Waals surface area contributed by atoms with Crippen LogP contribution in [0.5, 0.6) is 0 Å². The Kier molecular flexibility index (Phi) is 2.68. The Bertz CT molecular complexity index is 203. The molecule has 0 aromatic carbocycles. The smallest absolute Gasteiger partial charge is 0.324 e. The van der Waals surface area contributed by atoms with Gasteiger partial charge in [0.2, 0.25) is 5.91 Å². The van der Waals surface area contributed by atoms with Gasteiger partial charge in [0, 0.05) is 26.1 Å². The second kappa shape index (κ2) is 3.56. The first kappa shape index (κ1) is 9.03. The van der Waals surface area contributed by atoms with E-state index in [1.165, 1.54) is 4.90 Å². The average Bonchev–Trinajstić information content (AvgIpc) is 2.06. The van der Waals surface area contributed by atoms with Crippen LogP contribution in [-0.2, 0) is 4.79 Å². The molecule has 0 bridgehead atoms. The van der Waals surface area contributed by atoms with Crippen molar-refractivity contribution in [3.8, 4) is 0 Å². The number of amides is 3. The lowest BCUT2D eigenvalue weighted by atomic mass is 10.3. The van der Waals surface area contributed by atoms with Gasteiger partial charge in [-0.2, -0.15) is 0 Å². The molecule has 0 unspecified atom stereocenters. The van der Waals surface area contributed by atoms with Crippen molar-refractivity contribution in [1.82, 2.24) is 9.80 Å². The summed E-state index contributed by atoms with van der Waals surface area (Å²) in [5.74, 6) is -0.0489. The quantitative estimate of drug-likeness (QED) is 0.611. The highest BCUT2D eigenvalue weighted by Gasteiger charge is 2.29. The van der Waals surface area contributed by atoms with Gasteiger partial charge >= 0.3 is 6.03 Å². The van der Waals surface area contributed by atoms with Gasteiger partial charge in [-0.25, -0.2) is 4.79 Å². The minimum absolute atomic E-state index is 0.0489. The maximum Gasteiger partial charge on any atom is 0.326 e. The van der Waals surface area contributed by atoms with Crippen molar-refractivity contribution in [3.63, 3.8) is 0 Å². The number of hydrogen-bond acceptors (Lipinski definition) is 2. The van der Waals surface area contributed by atoms with Crippen LogP contribution in [0.15, 0.2) is 0 Å². The molecule has 0 saturated carbocycles. The fourth-order valence-corrected chi connectivity index (χ4v) is 1.34. The molecule has 0 radical (unpaired) electrons. The van der Waals surface area contributed by atoms with Crippen molar-refractivity contribution in [2.45, 2.75) is 20.3 Å². The number of carbonyl (C=O) groups excluding carboxylic acids is 2. The summed E-state index contributed by atoms with van der Waals surface area (Å²) in [5, 5.41) is 0. The van der Waals surface area contributed by atoms with E-state index in [1.54, 1.807) is 4.90 Å². The molecule has 0 aromatic rings. The Morgan fingerprint density at radius 3 is 2.42 bits per heavy atom. The van der Waals surface area contributed by atoms with Crippen LogP contribution in [0.2, 0.25) is 0 Å². The molecule has 12 heavy (non-hydrogen) atoms. The average molecular weight is 170 g/mol. The molecule has 1 heterocycles.